The Morgan fingerprint density at radius 1 is 1.20 bits per heavy atom. The minimum absolute atomic E-state index is 0.128. The van der Waals surface area contributed by atoms with E-state index in [9.17, 15) is 18.0 Å². The summed E-state index contributed by atoms with van der Waals surface area (Å²) in [6.07, 6.45) is -3.13. The summed E-state index contributed by atoms with van der Waals surface area (Å²) in [6.45, 7) is -0.213. The number of nitrogens with zero attached hydrogens (tertiary/aromatic N) is 1. The van der Waals surface area contributed by atoms with Gasteiger partial charge in [0.2, 0.25) is 0 Å². The second-order valence-electron chi connectivity index (χ2n) is 4.85. The van der Waals surface area contributed by atoms with Gasteiger partial charge in [0.05, 0.1) is 23.4 Å². The lowest BCUT2D eigenvalue weighted by atomic mass is 10.2. The molecule has 4 nitrogen and oxygen atoms in total. The monoisotopic (exact) mass is 371 g/mol. The van der Waals surface area contributed by atoms with E-state index in [2.05, 4.69) is 9.73 Å². The third kappa shape index (κ3) is 5.49. The van der Waals surface area contributed by atoms with Crippen molar-refractivity contribution >= 4 is 29.5 Å². The van der Waals surface area contributed by atoms with Gasteiger partial charge in [-0.3, -0.25) is 4.99 Å². The van der Waals surface area contributed by atoms with Crippen molar-refractivity contribution in [2.75, 3.05) is 13.7 Å². The van der Waals surface area contributed by atoms with Gasteiger partial charge in [0.25, 0.3) is 0 Å². The van der Waals surface area contributed by atoms with E-state index >= 15 is 0 Å². The molecule has 0 bridgehead atoms. The van der Waals surface area contributed by atoms with Crippen molar-refractivity contribution in [3.63, 3.8) is 0 Å². The van der Waals surface area contributed by atoms with Crippen molar-refractivity contribution in [3.8, 4) is 5.75 Å². The van der Waals surface area contributed by atoms with Crippen molar-refractivity contribution < 1.29 is 27.4 Å². The Labute approximate surface area is 146 Å². The van der Waals surface area contributed by atoms with Crippen LogP contribution in [0.15, 0.2) is 47.5 Å². The molecule has 0 atom stereocenters. The minimum Gasteiger partial charge on any atom is -0.482 e. The first kappa shape index (κ1) is 18.8. The largest absolute Gasteiger partial charge is 0.482 e. The lowest BCUT2D eigenvalue weighted by Crippen LogP contribution is -2.12. The number of hydrogen-bond acceptors (Lipinski definition) is 4. The molecule has 0 saturated heterocycles. The molecule has 0 unspecified atom stereocenters. The summed E-state index contributed by atoms with van der Waals surface area (Å²) in [7, 11) is 1.26. The van der Waals surface area contributed by atoms with Gasteiger partial charge in [-0.2, -0.15) is 13.2 Å². The molecule has 0 saturated carbocycles. The normalized spacial score (nSPS) is 11.6. The van der Waals surface area contributed by atoms with E-state index in [1.54, 1.807) is 24.3 Å². The van der Waals surface area contributed by atoms with Gasteiger partial charge in [-0.15, -0.1) is 0 Å². The number of halogens is 4. The quantitative estimate of drug-likeness (QED) is 0.567. The predicted octanol–water partition coefficient (Wildman–Crippen LogP) is 4.66. The Morgan fingerprint density at radius 3 is 2.48 bits per heavy atom. The Hall–Kier alpha value is -2.54. The third-order valence-electron chi connectivity index (χ3n) is 3.08. The Balaban J connectivity index is 2.08. The van der Waals surface area contributed by atoms with Crippen LogP contribution in [0.5, 0.6) is 5.75 Å². The molecule has 0 aliphatic carbocycles. The summed E-state index contributed by atoms with van der Waals surface area (Å²) in [6, 6.07) is 9.93. The standard InChI is InChI=1S/C17H13ClF3NO3/c1-24-16(23)10-25-13-5-2-11(3-6-13)9-22-12-4-7-15(18)14(8-12)17(19,20)21/h2-9H,10H2,1H3. The van der Waals surface area contributed by atoms with Gasteiger partial charge in [0.15, 0.2) is 6.61 Å². The number of alkyl halides is 3. The smallest absolute Gasteiger partial charge is 0.417 e. The molecule has 8 heteroatoms. The Bertz CT molecular complexity index is 774. The lowest BCUT2D eigenvalue weighted by molar-refractivity contribution is -0.143. The molecule has 0 aromatic heterocycles. The number of methoxy groups -OCH3 is 1. The number of rotatable bonds is 5. The summed E-state index contributed by atoms with van der Waals surface area (Å²) in [5, 5.41) is -0.376. The molecule has 2 aromatic carbocycles. The van der Waals surface area contributed by atoms with Gasteiger partial charge in [-0.1, -0.05) is 11.6 Å². The molecule has 0 aliphatic heterocycles. The third-order valence-corrected chi connectivity index (χ3v) is 3.41. The zero-order valence-electron chi connectivity index (χ0n) is 13.0. The van der Waals surface area contributed by atoms with Crippen LogP contribution in [0, 0.1) is 0 Å². The molecule has 0 amide bonds. The van der Waals surface area contributed by atoms with Crippen molar-refractivity contribution in [2.45, 2.75) is 6.18 Å². The van der Waals surface area contributed by atoms with Gasteiger partial charge in [0, 0.05) is 6.21 Å². The number of ether oxygens (including phenoxy) is 2. The highest BCUT2D eigenvalue weighted by Crippen LogP contribution is 2.36. The molecule has 0 spiro atoms. The molecular formula is C17H13ClF3NO3. The zero-order chi connectivity index (χ0) is 18.4. The van der Waals surface area contributed by atoms with Crippen LogP contribution in [0.3, 0.4) is 0 Å². The number of aliphatic imine (C=N–C) groups is 1. The molecule has 0 radical (unpaired) electrons. The van der Waals surface area contributed by atoms with Crippen molar-refractivity contribution in [3.05, 3.63) is 58.6 Å². The van der Waals surface area contributed by atoms with Gasteiger partial charge in [-0.25, -0.2) is 4.79 Å². The summed E-state index contributed by atoms with van der Waals surface area (Å²) >= 11 is 5.56. The van der Waals surface area contributed by atoms with Crippen LogP contribution < -0.4 is 4.74 Å². The molecule has 132 valence electrons. The second kappa shape index (κ2) is 8.02. The molecule has 25 heavy (non-hydrogen) atoms. The molecule has 0 aliphatic rings. The molecule has 0 N–H and O–H groups in total. The van der Waals surface area contributed by atoms with Crippen molar-refractivity contribution in [2.24, 2.45) is 4.99 Å². The van der Waals surface area contributed by atoms with E-state index in [1.807, 2.05) is 0 Å². The van der Waals surface area contributed by atoms with E-state index < -0.39 is 17.7 Å². The van der Waals surface area contributed by atoms with Crippen LogP contribution >= 0.6 is 11.6 Å². The van der Waals surface area contributed by atoms with Crippen molar-refractivity contribution in [1.82, 2.24) is 0 Å². The van der Waals surface area contributed by atoms with E-state index in [0.717, 1.165) is 12.1 Å². The Kier molecular flexibility index (Phi) is 6.03. The number of benzene rings is 2. The Morgan fingerprint density at radius 2 is 1.88 bits per heavy atom. The highest BCUT2D eigenvalue weighted by molar-refractivity contribution is 6.31. The van der Waals surface area contributed by atoms with Crippen LogP contribution in [0.1, 0.15) is 11.1 Å². The molecule has 2 rings (SSSR count). The molecular weight excluding hydrogens is 359 g/mol. The number of esters is 1. The summed E-state index contributed by atoms with van der Waals surface area (Å²) in [5.41, 5.74) is -0.160. The van der Waals surface area contributed by atoms with Gasteiger partial charge >= 0.3 is 12.1 Å². The first-order valence-corrected chi connectivity index (χ1v) is 7.38. The molecule has 0 fully saturated rings. The van der Waals surface area contributed by atoms with Crippen LogP contribution in [-0.4, -0.2) is 25.9 Å². The first-order valence-electron chi connectivity index (χ1n) is 7.00. The van der Waals surface area contributed by atoms with Crippen LogP contribution in [0.4, 0.5) is 18.9 Å². The average Bonchev–Trinajstić information content (AvgIpc) is 2.58. The predicted molar refractivity (Wildman–Crippen MR) is 87.7 cm³/mol. The fraction of sp³-hybridized carbons (Fsp3) is 0.176. The maximum atomic E-state index is 12.8. The minimum atomic E-state index is -4.54. The van der Waals surface area contributed by atoms with Gasteiger partial charge < -0.3 is 9.47 Å². The lowest BCUT2D eigenvalue weighted by Gasteiger charge is -2.09. The SMILES string of the molecule is COC(=O)COc1ccc(C=Nc2ccc(Cl)c(C(F)(F)F)c2)cc1. The number of carbonyl (C=O) groups is 1. The highest BCUT2D eigenvalue weighted by atomic mass is 35.5. The van der Waals surface area contributed by atoms with E-state index in [4.69, 9.17) is 16.3 Å². The number of carbonyl (C=O) groups excluding carboxylic acids is 1. The summed E-state index contributed by atoms with van der Waals surface area (Å²) in [4.78, 5) is 15.0. The second-order valence-corrected chi connectivity index (χ2v) is 5.26. The van der Waals surface area contributed by atoms with Crippen molar-refractivity contribution in [1.29, 1.82) is 0 Å². The number of hydrogen-bond donors (Lipinski definition) is 0. The molecule has 0 heterocycles. The maximum absolute atomic E-state index is 12.8. The maximum Gasteiger partial charge on any atom is 0.417 e. The average molecular weight is 372 g/mol. The molecule has 2 aromatic rings. The summed E-state index contributed by atoms with van der Waals surface area (Å²) < 4.78 is 48.1. The zero-order valence-corrected chi connectivity index (χ0v) is 13.8. The van der Waals surface area contributed by atoms with Crippen LogP contribution in [-0.2, 0) is 15.7 Å². The fourth-order valence-corrected chi connectivity index (χ4v) is 2.04. The highest BCUT2D eigenvalue weighted by Gasteiger charge is 2.33. The van der Waals surface area contributed by atoms with Crippen LogP contribution in [0.2, 0.25) is 5.02 Å². The topological polar surface area (TPSA) is 47.9 Å². The van der Waals surface area contributed by atoms with Gasteiger partial charge in [-0.05, 0) is 48.0 Å². The fourth-order valence-electron chi connectivity index (χ4n) is 1.81. The van der Waals surface area contributed by atoms with Gasteiger partial charge in [0.1, 0.15) is 5.75 Å². The summed E-state index contributed by atoms with van der Waals surface area (Å²) in [5.74, 6) is -0.0535. The first-order chi connectivity index (χ1) is 11.8. The van der Waals surface area contributed by atoms with E-state index in [1.165, 1.54) is 19.4 Å². The van der Waals surface area contributed by atoms with Crippen LogP contribution in [0.25, 0.3) is 0 Å². The van der Waals surface area contributed by atoms with E-state index in [-0.39, 0.29) is 17.3 Å². The van der Waals surface area contributed by atoms with E-state index in [0.29, 0.717) is 11.3 Å².